The van der Waals surface area contributed by atoms with Gasteiger partial charge in [0.05, 0.1) is 6.61 Å². The van der Waals surface area contributed by atoms with Gasteiger partial charge in [-0.25, -0.2) is 4.98 Å². The molecule has 23 heavy (non-hydrogen) atoms. The van der Waals surface area contributed by atoms with Crippen LogP contribution in [0.25, 0.3) is 11.5 Å². The van der Waals surface area contributed by atoms with E-state index in [1.54, 1.807) is 0 Å². The lowest BCUT2D eigenvalue weighted by Crippen LogP contribution is -2.23. The van der Waals surface area contributed by atoms with Crippen LogP contribution in [0.1, 0.15) is 21.6 Å². The molecule has 0 fully saturated rings. The first-order valence-corrected chi connectivity index (χ1v) is 7.24. The Balaban J connectivity index is 1.68. The van der Waals surface area contributed by atoms with Crippen LogP contribution in [0, 0.1) is 0 Å². The predicted octanol–water partition coefficient (Wildman–Crippen LogP) is 2.76. The fourth-order valence-corrected chi connectivity index (χ4v) is 2.24. The van der Waals surface area contributed by atoms with Crippen LogP contribution in [0.5, 0.6) is 0 Å². The van der Waals surface area contributed by atoms with Crippen molar-refractivity contribution in [1.82, 2.24) is 10.3 Å². The monoisotopic (exact) mass is 308 g/mol. The predicted molar refractivity (Wildman–Crippen MR) is 85.5 cm³/mol. The van der Waals surface area contributed by atoms with E-state index in [0.717, 1.165) is 16.7 Å². The van der Waals surface area contributed by atoms with Crippen molar-refractivity contribution >= 4 is 5.91 Å². The second-order valence-electron chi connectivity index (χ2n) is 5.01. The van der Waals surface area contributed by atoms with Gasteiger partial charge in [-0.3, -0.25) is 4.79 Å². The van der Waals surface area contributed by atoms with Crippen LogP contribution < -0.4 is 5.32 Å². The van der Waals surface area contributed by atoms with Crippen molar-refractivity contribution in [2.75, 3.05) is 0 Å². The highest BCUT2D eigenvalue weighted by Gasteiger charge is 2.13. The zero-order valence-electron chi connectivity index (χ0n) is 12.4. The minimum atomic E-state index is -0.316. The number of carbonyl (C=O) groups excluding carboxylic acids is 1. The topological polar surface area (TPSA) is 75.4 Å². The number of oxazole rings is 1. The van der Waals surface area contributed by atoms with E-state index >= 15 is 0 Å². The van der Waals surface area contributed by atoms with Gasteiger partial charge in [0.15, 0.2) is 5.69 Å². The van der Waals surface area contributed by atoms with Gasteiger partial charge < -0.3 is 14.8 Å². The van der Waals surface area contributed by atoms with Gasteiger partial charge in [-0.2, -0.15) is 0 Å². The first kappa shape index (κ1) is 15.0. The van der Waals surface area contributed by atoms with Crippen LogP contribution in [-0.2, 0) is 13.2 Å². The van der Waals surface area contributed by atoms with Crippen LogP contribution in [0.3, 0.4) is 0 Å². The molecule has 1 amide bonds. The number of aromatic nitrogens is 1. The van der Waals surface area contributed by atoms with Gasteiger partial charge in [-0.15, -0.1) is 0 Å². The second-order valence-corrected chi connectivity index (χ2v) is 5.01. The summed E-state index contributed by atoms with van der Waals surface area (Å²) in [7, 11) is 0. The number of hydrogen-bond acceptors (Lipinski definition) is 4. The van der Waals surface area contributed by atoms with E-state index < -0.39 is 0 Å². The fourth-order valence-electron chi connectivity index (χ4n) is 2.24. The number of aliphatic hydroxyl groups excluding tert-OH is 1. The molecule has 0 aliphatic heterocycles. The molecule has 0 spiro atoms. The molecule has 3 rings (SSSR count). The van der Waals surface area contributed by atoms with Gasteiger partial charge in [0.1, 0.15) is 6.26 Å². The molecular weight excluding hydrogens is 292 g/mol. The molecule has 0 bridgehead atoms. The van der Waals surface area contributed by atoms with Crippen molar-refractivity contribution in [2.45, 2.75) is 13.2 Å². The van der Waals surface area contributed by atoms with Crippen molar-refractivity contribution in [2.24, 2.45) is 0 Å². The molecule has 0 aliphatic rings. The lowest BCUT2D eigenvalue weighted by molar-refractivity contribution is 0.0945. The van der Waals surface area contributed by atoms with E-state index in [0.29, 0.717) is 12.4 Å². The number of nitrogens with one attached hydrogen (secondary N) is 1. The maximum absolute atomic E-state index is 12.2. The summed E-state index contributed by atoms with van der Waals surface area (Å²) in [6, 6.07) is 16.8. The van der Waals surface area contributed by atoms with E-state index in [9.17, 15) is 9.90 Å². The van der Waals surface area contributed by atoms with Crippen molar-refractivity contribution in [3.63, 3.8) is 0 Å². The Morgan fingerprint density at radius 3 is 2.48 bits per heavy atom. The van der Waals surface area contributed by atoms with Gasteiger partial charge in [-0.1, -0.05) is 42.5 Å². The minimum absolute atomic E-state index is 0.0613. The summed E-state index contributed by atoms with van der Waals surface area (Å²) >= 11 is 0. The first-order chi connectivity index (χ1) is 11.3. The fraction of sp³-hybridized carbons (Fsp3) is 0.111. The zero-order chi connectivity index (χ0) is 16.1. The van der Waals surface area contributed by atoms with Gasteiger partial charge >= 0.3 is 0 Å². The Bertz CT molecular complexity index is 797. The Labute approximate surface area is 133 Å². The molecule has 0 atom stereocenters. The van der Waals surface area contributed by atoms with E-state index in [1.807, 2.05) is 54.6 Å². The summed E-state index contributed by atoms with van der Waals surface area (Å²) in [4.78, 5) is 16.4. The lowest BCUT2D eigenvalue weighted by Gasteiger charge is -2.07. The summed E-state index contributed by atoms with van der Waals surface area (Å²) in [5.74, 6) is 0.0928. The maximum atomic E-state index is 12.2. The molecule has 2 aromatic carbocycles. The number of amides is 1. The van der Waals surface area contributed by atoms with E-state index in [1.165, 1.54) is 6.26 Å². The Hall–Kier alpha value is -2.92. The molecule has 1 heterocycles. The SMILES string of the molecule is O=C(NCc1ccccc1CO)c1coc(-c2ccccc2)n1. The van der Waals surface area contributed by atoms with E-state index in [-0.39, 0.29) is 18.2 Å². The molecule has 5 nitrogen and oxygen atoms in total. The van der Waals surface area contributed by atoms with Crippen molar-refractivity contribution in [1.29, 1.82) is 0 Å². The van der Waals surface area contributed by atoms with Crippen LogP contribution in [0.4, 0.5) is 0 Å². The number of carbonyl (C=O) groups is 1. The van der Waals surface area contributed by atoms with Gasteiger partial charge in [0.25, 0.3) is 5.91 Å². The molecule has 116 valence electrons. The standard InChI is InChI=1S/C18H16N2O3/c21-11-15-9-5-4-8-14(15)10-19-17(22)16-12-23-18(20-16)13-6-2-1-3-7-13/h1-9,12,21H,10-11H2,(H,19,22). The number of hydrogen-bond donors (Lipinski definition) is 2. The van der Waals surface area contributed by atoms with Gasteiger partial charge in [0, 0.05) is 12.1 Å². The highest BCUT2D eigenvalue weighted by molar-refractivity contribution is 5.92. The number of aliphatic hydroxyl groups is 1. The molecule has 3 aromatic rings. The van der Waals surface area contributed by atoms with E-state index in [4.69, 9.17) is 4.42 Å². The largest absolute Gasteiger partial charge is 0.444 e. The molecule has 5 heteroatoms. The van der Waals surface area contributed by atoms with Gasteiger partial charge in [-0.05, 0) is 23.3 Å². The van der Waals surface area contributed by atoms with Crippen LogP contribution in [0.2, 0.25) is 0 Å². The van der Waals surface area contributed by atoms with E-state index in [2.05, 4.69) is 10.3 Å². The highest BCUT2D eigenvalue weighted by atomic mass is 16.3. The average molecular weight is 308 g/mol. The Morgan fingerprint density at radius 1 is 1.04 bits per heavy atom. The molecule has 0 saturated carbocycles. The third-order valence-electron chi connectivity index (χ3n) is 3.49. The minimum Gasteiger partial charge on any atom is -0.444 e. The summed E-state index contributed by atoms with van der Waals surface area (Å²) in [5, 5.41) is 12.1. The molecule has 0 radical (unpaired) electrons. The van der Waals surface area contributed by atoms with Crippen molar-refractivity contribution in [3.8, 4) is 11.5 Å². The zero-order valence-corrected chi connectivity index (χ0v) is 12.4. The summed E-state index contributed by atoms with van der Waals surface area (Å²) in [5.41, 5.74) is 2.70. The first-order valence-electron chi connectivity index (χ1n) is 7.24. The van der Waals surface area contributed by atoms with Gasteiger partial charge in [0.2, 0.25) is 5.89 Å². The number of rotatable bonds is 5. The highest BCUT2D eigenvalue weighted by Crippen LogP contribution is 2.18. The summed E-state index contributed by atoms with van der Waals surface area (Å²) in [6.07, 6.45) is 1.34. The summed E-state index contributed by atoms with van der Waals surface area (Å²) in [6.45, 7) is 0.261. The Kier molecular flexibility index (Phi) is 4.49. The molecular formula is C18H16N2O3. The average Bonchev–Trinajstić information content (AvgIpc) is 3.11. The second kappa shape index (κ2) is 6.89. The maximum Gasteiger partial charge on any atom is 0.273 e. The molecule has 0 aliphatic carbocycles. The third kappa shape index (κ3) is 3.46. The molecule has 1 aromatic heterocycles. The number of benzene rings is 2. The van der Waals surface area contributed by atoms with Crippen molar-refractivity contribution in [3.05, 3.63) is 77.7 Å². The van der Waals surface area contributed by atoms with Crippen LogP contribution >= 0.6 is 0 Å². The molecule has 2 N–H and O–H groups in total. The van der Waals surface area contributed by atoms with Crippen molar-refractivity contribution < 1.29 is 14.3 Å². The Morgan fingerprint density at radius 2 is 1.74 bits per heavy atom. The summed E-state index contributed by atoms with van der Waals surface area (Å²) < 4.78 is 5.36. The third-order valence-corrected chi connectivity index (χ3v) is 3.49. The normalized spacial score (nSPS) is 10.5. The number of nitrogens with zero attached hydrogens (tertiary/aromatic N) is 1. The van der Waals surface area contributed by atoms with Crippen LogP contribution in [0.15, 0.2) is 65.3 Å². The van der Waals surface area contributed by atoms with Crippen LogP contribution in [-0.4, -0.2) is 16.0 Å². The molecule has 0 saturated heterocycles. The molecule has 0 unspecified atom stereocenters. The quantitative estimate of drug-likeness (QED) is 0.760. The smallest absolute Gasteiger partial charge is 0.273 e. The lowest BCUT2D eigenvalue weighted by atomic mass is 10.1.